The SMILES string of the molecule is CC(C)(C)OC(=O)NC(C(=O)N1CCC(OC2CCN(CC(=O)N3CCN(C(=O)c4cc(Cc5n[nH]c(=O)c6ccccc56)ccc4I)CC3)CC2)CC1)C1CCCCC1. The van der Waals surface area contributed by atoms with Gasteiger partial charge in [0.2, 0.25) is 11.8 Å². The number of alkyl carbamates (subject to hydrolysis) is 1. The van der Waals surface area contributed by atoms with Crippen molar-refractivity contribution in [3.05, 3.63) is 73.2 Å². The van der Waals surface area contributed by atoms with Gasteiger partial charge in [0, 0.05) is 67.7 Å². The molecule has 1 atom stereocenters. The van der Waals surface area contributed by atoms with Gasteiger partial charge < -0.3 is 29.5 Å². The van der Waals surface area contributed by atoms with Crippen LogP contribution in [-0.2, 0) is 25.5 Å². The molecular formula is C45H60IN7O7. The molecule has 14 nitrogen and oxygen atoms in total. The first-order chi connectivity index (χ1) is 28.8. The number of aromatic amines is 1. The molecule has 4 aliphatic rings. The number of rotatable bonds is 10. The Hall–Kier alpha value is -4.09. The Labute approximate surface area is 366 Å². The van der Waals surface area contributed by atoms with Crippen molar-refractivity contribution >= 4 is 57.2 Å². The van der Waals surface area contributed by atoms with Crippen LogP contribution in [0.3, 0.4) is 0 Å². The van der Waals surface area contributed by atoms with Crippen LogP contribution in [0.5, 0.6) is 0 Å². The molecule has 1 aliphatic carbocycles. The Bertz CT molecular complexity index is 2060. The van der Waals surface area contributed by atoms with Gasteiger partial charge in [-0.25, -0.2) is 9.89 Å². The topological polar surface area (TPSA) is 157 Å². The van der Waals surface area contributed by atoms with E-state index in [9.17, 15) is 24.0 Å². The Balaban J connectivity index is 0.828. The molecule has 2 N–H and O–H groups in total. The van der Waals surface area contributed by atoms with E-state index < -0.39 is 17.7 Å². The average Bonchev–Trinajstić information content (AvgIpc) is 3.25. The second-order valence-electron chi connectivity index (χ2n) is 17.9. The zero-order chi connectivity index (χ0) is 42.4. The predicted octanol–water partition coefficient (Wildman–Crippen LogP) is 5.35. The van der Waals surface area contributed by atoms with E-state index in [2.05, 4.69) is 43.0 Å². The molecule has 4 fully saturated rings. The molecular weight excluding hydrogens is 877 g/mol. The number of benzene rings is 2. The van der Waals surface area contributed by atoms with Crippen molar-refractivity contribution in [2.24, 2.45) is 5.92 Å². The van der Waals surface area contributed by atoms with E-state index in [1.54, 1.807) is 6.07 Å². The van der Waals surface area contributed by atoms with Crippen molar-refractivity contribution in [2.75, 3.05) is 58.9 Å². The van der Waals surface area contributed by atoms with E-state index in [4.69, 9.17) is 9.47 Å². The van der Waals surface area contributed by atoms with Crippen LogP contribution in [0.15, 0.2) is 47.3 Å². The smallest absolute Gasteiger partial charge is 0.408 e. The molecule has 60 heavy (non-hydrogen) atoms. The number of piperidine rings is 2. The molecule has 324 valence electrons. The molecule has 3 aliphatic heterocycles. The van der Waals surface area contributed by atoms with Crippen LogP contribution in [-0.4, -0.2) is 136 Å². The summed E-state index contributed by atoms with van der Waals surface area (Å²) in [5, 5.41) is 11.2. The molecule has 2 aromatic carbocycles. The highest BCUT2D eigenvalue weighted by atomic mass is 127. The summed E-state index contributed by atoms with van der Waals surface area (Å²) >= 11 is 2.20. The zero-order valence-electron chi connectivity index (χ0n) is 35.3. The number of aromatic nitrogens is 2. The monoisotopic (exact) mass is 937 g/mol. The van der Waals surface area contributed by atoms with Gasteiger partial charge in [-0.15, -0.1) is 0 Å². The molecule has 0 bridgehead atoms. The van der Waals surface area contributed by atoms with E-state index in [1.165, 1.54) is 6.42 Å². The molecule has 3 aromatic rings. The maximum absolute atomic E-state index is 13.8. The molecule has 1 saturated carbocycles. The third-order valence-corrected chi connectivity index (χ3v) is 13.4. The summed E-state index contributed by atoms with van der Waals surface area (Å²) in [5.41, 5.74) is 1.44. The maximum atomic E-state index is 13.8. The number of carbonyl (C=O) groups excluding carboxylic acids is 4. The lowest BCUT2D eigenvalue weighted by Gasteiger charge is -2.40. The fourth-order valence-corrected chi connectivity index (χ4v) is 9.70. The number of hydrogen-bond acceptors (Lipinski definition) is 9. The molecule has 0 radical (unpaired) electrons. The van der Waals surface area contributed by atoms with Gasteiger partial charge in [0.25, 0.3) is 11.5 Å². The first-order valence-corrected chi connectivity index (χ1v) is 22.9. The number of nitrogens with zero attached hydrogens (tertiary/aromatic N) is 5. The molecule has 4 heterocycles. The van der Waals surface area contributed by atoms with Crippen molar-refractivity contribution in [2.45, 2.75) is 109 Å². The number of hydrogen-bond donors (Lipinski definition) is 2. The maximum Gasteiger partial charge on any atom is 0.408 e. The highest BCUT2D eigenvalue weighted by Gasteiger charge is 2.37. The third-order valence-electron chi connectivity index (χ3n) is 12.4. The lowest BCUT2D eigenvalue weighted by atomic mass is 9.83. The van der Waals surface area contributed by atoms with Crippen LogP contribution in [0.25, 0.3) is 10.8 Å². The largest absolute Gasteiger partial charge is 0.444 e. The Morgan fingerprint density at radius 3 is 2.12 bits per heavy atom. The number of likely N-dealkylation sites (tertiary alicyclic amines) is 2. The van der Waals surface area contributed by atoms with Gasteiger partial charge in [0.1, 0.15) is 11.6 Å². The second kappa shape index (κ2) is 19.7. The molecule has 4 amide bonds. The highest BCUT2D eigenvalue weighted by molar-refractivity contribution is 14.1. The normalized spacial score (nSPS) is 19.6. The van der Waals surface area contributed by atoms with Crippen LogP contribution in [0.2, 0.25) is 0 Å². The fourth-order valence-electron chi connectivity index (χ4n) is 9.13. The second-order valence-corrected chi connectivity index (χ2v) is 19.0. The van der Waals surface area contributed by atoms with Crippen LogP contribution >= 0.6 is 22.6 Å². The van der Waals surface area contributed by atoms with Gasteiger partial charge in [0.05, 0.1) is 35.4 Å². The Morgan fingerprint density at radius 2 is 1.45 bits per heavy atom. The quantitative estimate of drug-likeness (QED) is 0.256. The lowest BCUT2D eigenvalue weighted by Crippen LogP contribution is -2.55. The van der Waals surface area contributed by atoms with Crippen LogP contribution in [0, 0.1) is 9.49 Å². The fraction of sp³-hybridized carbons (Fsp3) is 0.600. The van der Waals surface area contributed by atoms with Crippen LogP contribution in [0.1, 0.15) is 100 Å². The predicted molar refractivity (Wildman–Crippen MR) is 237 cm³/mol. The van der Waals surface area contributed by atoms with E-state index >= 15 is 0 Å². The van der Waals surface area contributed by atoms with Crippen molar-refractivity contribution in [3.8, 4) is 0 Å². The number of carbonyl (C=O) groups is 4. The number of halogens is 1. The highest BCUT2D eigenvalue weighted by Crippen LogP contribution is 2.29. The Morgan fingerprint density at radius 1 is 0.817 bits per heavy atom. The van der Waals surface area contributed by atoms with Gasteiger partial charge >= 0.3 is 6.09 Å². The first-order valence-electron chi connectivity index (χ1n) is 21.8. The lowest BCUT2D eigenvalue weighted by molar-refractivity contribution is -0.140. The summed E-state index contributed by atoms with van der Waals surface area (Å²) < 4.78 is 12.9. The van der Waals surface area contributed by atoms with Crippen molar-refractivity contribution in [1.29, 1.82) is 0 Å². The Kier molecular flexibility index (Phi) is 14.5. The molecule has 1 aromatic heterocycles. The minimum atomic E-state index is -0.634. The van der Waals surface area contributed by atoms with E-state index in [-0.39, 0.29) is 41.4 Å². The van der Waals surface area contributed by atoms with Crippen molar-refractivity contribution < 1.29 is 28.7 Å². The van der Waals surface area contributed by atoms with Crippen LogP contribution in [0.4, 0.5) is 4.79 Å². The van der Waals surface area contributed by atoms with Gasteiger partial charge in [-0.05, 0) is 112 Å². The number of nitrogens with one attached hydrogen (secondary N) is 2. The third kappa shape index (κ3) is 11.2. The van der Waals surface area contributed by atoms with Crippen LogP contribution < -0.4 is 10.9 Å². The summed E-state index contributed by atoms with van der Waals surface area (Å²) in [6, 6.07) is 12.7. The number of H-pyrrole nitrogens is 1. The molecule has 15 heteroatoms. The van der Waals surface area contributed by atoms with E-state index in [0.717, 1.165) is 84.7 Å². The van der Waals surface area contributed by atoms with Gasteiger partial charge in [-0.2, -0.15) is 5.10 Å². The summed E-state index contributed by atoms with van der Waals surface area (Å²) in [6.45, 7) is 10.5. The van der Waals surface area contributed by atoms with Crippen molar-refractivity contribution in [3.63, 3.8) is 0 Å². The van der Waals surface area contributed by atoms with Crippen molar-refractivity contribution in [1.82, 2.24) is 35.1 Å². The number of amides is 4. The summed E-state index contributed by atoms with van der Waals surface area (Å²) in [4.78, 5) is 73.8. The van der Waals surface area contributed by atoms with Gasteiger partial charge in [-0.3, -0.25) is 24.1 Å². The summed E-state index contributed by atoms with van der Waals surface area (Å²) in [6.07, 6.45) is 8.55. The van der Waals surface area contributed by atoms with Gasteiger partial charge in [-0.1, -0.05) is 43.5 Å². The van der Waals surface area contributed by atoms with Gasteiger partial charge in [0.15, 0.2) is 0 Å². The number of ether oxygens (including phenoxy) is 2. The molecule has 1 unspecified atom stereocenters. The average molecular weight is 938 g/mol. The number of piperazine rings is 1. The summed E-state index contributed by atoms with van der Waals surface area (Å²) in [5.74, 6) is 0.151. The molecule has 7 rings (SSSR count). The molecule has 0 spiro atoms. The minimum absolute atomic E-state index is 0.00985. The standard InChI is InChI=1S/C45H60IN7O7/c1-45(2,3)60-44(58)47-40(31-9-5-4-6-10-31)43(57)52-21-17-33(18-22-52)59-32-15-19-50(20-16-32)29-39(54)51-23-25-53(26-24-51)42(56)36-27-30(13-14-37(36)46)28-38-34-11-7-8-12-35(34)41(55)49-48-38/h7-8,11-14,27,31-33,40H,4-6,9-10,15-26,28-29H2,1-3H3,(H,47,58)(H,49,55). The number of fused-ring (bicyclic) bond motifs is 1. The summed E-state index contributed by atoms with van der Waals surface area (Å²) in [7, 11) is 0. The minimum Gasteiger partial charge on any atom is -0.444 e. The van der Waals surface area contributed by atoms with E-state index in [0.29, 0.717) is 63.2 Å². The molecule has 3 saturated heterocycles. The first kappa shape index (κ1) is 44.0. The zero-order valence-corrected chi connectivity index (χ0v) is 37.4. The van der Waals surface area contributed by atoms with E-state index in [1.807, 2.05) is 71.9 Å².